The van der Waals surface area contributed by atoms with E-state index in [-0.39, 0.29) is 6.42 Å². The Kier molecular flexibility index (Phi) is 7.07. The van der Waals surface area contributed by atoms with E-state index >= 15 is 0 Å². The van der Waals surface area contributed by atoms with Crippen molar-refractivity contribution in [2.45, 2.75) is 25.6 Å². The first-order valence-electron chi connectivity index (χ1n) is 11.2. The lowest BCUT2D eigenvalue weighted by atomic mass is 9.95. The molecule has 0 aromatic heterocycles. The van der Waals surface area contributed by atoms with Crippen molar-refractivity contribution in [3.05, 3.63) is 113 Å². The molecule has 8 heteroatoms. The Labute approximate surface area is 206 Å². The molecule has 184 valence electrons. The van der Waals surface area contributed by atoms with Crippen LogP contribution in [0.3, 0.4) is 0 Å². The van der Waals surface area contributed by atoms with Crippen LogP contribution >= 0.6 is 0 Å². The number of anilines is 2. The van der Waals surface area contributed by atoms with E-state index < -0.39 is 29.7 Å². The summed E-state index contributed by atoms with van der Waals surface area (Å²) >= 11 is 0. The predicted octanol–water partition coefficient (Wildman–Crippen LogP) is 5.50. The second-order valence-corrected chi connectivity index (χ2v) is 8.41. The number of fused-ring (bicyclic) bond motifs is 1. The van der Waals surface area contributed by atoms with Crippen LogP contribution in [0.15, 0.2) is 85.0 Å². The maximum absolute atomic E-state index is 13.0. The lowest BCUT2D eigenvalue weighted by Crippen LogP contribution is -2.34. The first-order chi connectivity index (χ1) is 17.1. The molecule has 1 heterocycles. The Bertz CT molecular complexity index is 1340. The minimum absolute atomic E-state index is 0.0761. The third kappa shape index (κ3) is 5.72. The maximum atomic E-state index is 13.0. The van der Waals surface area contributed by atoms with Crippen molar-refractivity contribution in [1.29, 1.82) is 0 Å². The van der Waals surface area contributed by atoms with Gasteiger partial charge >= 0.3 is 6.18 Å². The summed E-state index contributed by atoms with van der Waals surface area (Å²) in [5.41, 5.74) is 3.90. The van der Waals surface area contributed by atoms with E-state index in [1.165, 1.54) is 24.3 Å². The molecule has 5 nitrogen and oxygen atoms in total. The third-order valence-electron chi connectivity index (χ3n) is 5.79. The molecule has 0 fully saturated rings. The predicted molar refractivity (Wildman–Crippen MR) is 132 cm³/mol. The van der Waals surface area contributed by atoms with Gasteiger partial charge in [0.05, 0.1) is 5.56 Å². The van der Waals surface area contributed by atoms with Gasteiger partial charge in [-0.05, 0) is 47.9 Å². The highest BCUT2D eigenvalue weighted by Crippen LogP contribution is 2.32. The van der Waals surface area contributed by atoms with Crippen molar-refractivity contribution < 1.29 is 27.9 Å². The van der Waals surface area contributed by atoms with Gasteiger partial charge in [0.2, 0.25) is 5.91 Å². The number of nitrogens with one attached hydrogen (secondary N) is 2. The van der Waals surface area contributed by atoms with Crippen LogP contribution in [0.2, 0.25) is 0 Å². The van der Waals surface area contributed by atoms with Crippen molar-refractivity contribution in [3.8, 4) is 0 Å². The van der Waals surface area contributed by atoms with Gasteiger partial charge in [-0.2, -0.15) is 13.2 Å². The van der Waals surface area contributed by atoms with Crippen LogP contribution in [-0.4, -0.2) is 23.0 Å². The van der Waals surface area contributed by atoms with Gasteiger partial charge in [-0.3, -0.25) is 9.59 Å². The number of rotatable bonds is 5. The molecule has 2 amide bonds. The van der Waals surface area contributed by atoms with E-state index in [4.69, 9.17) is 0 Å². The van der Waals surface area contributed by atoms with E-state index in [9.17, 15) is 27.9 Å². The molecule has 1 unspecified atom stereocenters. The Morgan fingerprint density at radius 3 is 2.31 bits per heavy atom. The van der Waals surface area contributed by atoms with Crippen molar-refractivity contribution in [3.63, 3.8) is 0 Å². The highest BCUT2D eigenvalue weighted by atomic mass is 19.4. The summed E-state index contributed by atoms with van der Waals surface area (Å²) in [4.78, 5) is 24.3. The Balaban J connectivity index is 1.58. The number of carbonyl (C=O) groups excluding carboxylic acids is 2. The SMILES string of the molecule is Cc1ccc(/C(=C\C=C\C(=O)Nc2cccc3c2CC(O)C(=O)N3)c2ccc(C(F)(F)F)cc2)cc1. The third-order valence-corrected chi connectivity index (χ3v) is 5.79. The molecule has 1 aliphatic rings. The van der Waals surface area contributed by atoms with Gasteiger partial charge < -0.3 is 15.7 Å². The topological polar surface area (TPSA) is 78.4 Å². The number of aliphatic hydroxyl groups excluding tert-OH is 1. The zero-order chi connectivity index (χ0) is 25.9. The number of carbonyl (C=O) groups is 2. The van der Waals surface area contributed by atoms with Crippen LogP contribution in [0.4, 0.5) is 24.5 Å². The minimum atomic E-state index is -4.43. The van der Waals surface area contributed by atoms with E-state index in [0.29, 0.717) is 28.1 Å². The van der Waals surface area contributed by atoms with Gasteiger partial charge in [0.1, 0.15) is 6.10 Å². The summed E-state index contributed by atoms with van der Waals surface area (Å²) in [5, 5.41) is 15.2. The van der Waals surface area contributed by atoms with E-state index in [0.717, 1.165) is 23.3 Å². The molecule has 3 aromatic carbocycles. The highest BCUT2D eigenvalue weighted by Gasteiger charge is 2.30. The van der Waals surface area contributed by atoms with Crippen LogP contribution < -0.4 is 10.6 Å². The molecule has 3 N–H and O–H groups in total. The van der Waals surface area contributed by atoms with Crippen molar-refractivity contribution in [2.24, 2.45) is 0 Å². The summed E-state index contributed by atoms with van der Waals surface area (Å²) in [5.74, 6) is -0.940. The van der Waals surface area contributed by atoms with Gasteiger partial charge in [0, 0.05) is 29.4 Å². The Morgan fingerprint density at radius 1 is 1.03 bits per heavy atom. The van der Waals surface area contributed by atoms with E-state index in [1.54, 1.807) is 24.3 Å². The molecule has 0 saturated heterocycles. The van der Waals surface area contributed by atoms with Crippen LogP contribution in [0.25, 0.3) is 5.57 Å². The number of hydrogen-bond acceptors (Lipinski definition) is 3. The molecule has 0 saturated carbocycles. The number of amides is 2. The van der Waals surface area contributed by atoms with Gasteiger partial charge in [-0.1, -0.05) is 60.2 Å². The Hall–Kier alpha value is -4.17. The summed E-state index contributed by atoms with van der Waals surface area (Å²) in [7, 11) is 0. The molecule has 1 atom stereocenters. The fourth-order valence-corrected chi connectivity index (χ4v) is 3.88. The first-order valence-corrected chi connectivity index (χ1v) is 11.2. The molecular weight excluding hydrogens is 469 g/mol. The maximum Gasteiger partial charge on any atom is 0.416 e. The molecule has 0 bridgehead atoms. The van der Waals surface area contributed by atoms with Gasteiger partial charge in [-0.15, -0.1) is 0 Å². The van der Waals surface area contributed by atoms with Crippen molar-refractivity contribution in [2.75, 3.05) is 10.6 Å². The fraction of sp³-hybridized carbons (Fsp3) is 0.143. The van der Waals surface area contributed by atoms with Crippen LogP contribution in [0.5, 0.6) is 0 Å². The standard InChI is InChI=1S/C28H23F3N2O3/c1-17-8-10-18(11-9-17)21(19-12-14-20(15-13-19)28(29,30)31)4-2-7-26(35)32-23-5-3-6-24-22(23)16-25(34)27(36)33-24/h2-15,25,34H,16H2,1H3,(H,32,35)(H,33,36)/b7-2+,21-4+. The Morgan fingerprint density at radius 2 is 1.67 bits per heavy atom. The molecule has 3 aromatic rings. The van der Waals surface area contributed by atoms with Crippen LogP contribution in [0.1, 0.15) is 27.8 Å². The molecular formula is C28H23F3N2O3. The summed E-state index contributed by atoms with van der Waals surface area (Å²) in [6.45, 7) is 1.93. The monoisotopic (exact) mass is 492 g/mol. The van der Waals surface area contributed by atoms with Crippen molar-refractivity contribution in [1.82, 2.24) is 0 Å². The molecule has 0 radical (unpaired) electrons. The molecule has 36 heavy (non-hydrogen) atoms. The summed E-state index contributed by atoms with van der Waals surface area (Å²) in [6.07, 6.45) is -1.07. The van der Waals surface area contributed by atoms with E-state index in [1.807, 2.05) is 31.2 Å². The zero-order valence-electron chi connectivity index (χ0n) is 19.3. The van der Waals surface area contributed by atoms with Gasteiger partial charge in [-0.25, -0.2) is 0 Å². The largest absolute Gasteiger partial charge is 0.416 e. The first kappa shape index (κ1) is 24.9. The van der Waals surface area contributed by atoms with Crippen LogP contribution in [-0.2, 0) is 22.2 Å². The number of benzene rings is 3. The molecule has 0 aliphatic carbocycles. The molecule has 1 aliphatic heterocycles. The second-order valence-electron chi connectivity index (χ2n) is 8.41. The normalized spacial score (nSPS) is 16.0. The number of aliphatic hydroxyl groups is 1. The average Bonchev–Trinajstić information content (AvgIpc) is 2.83. The summed E-state index contributed by atoms with van der Waals surface area (Å²) in [6, 6.07) is 17.4. The molecule has 4 rings (SSSR count). The fourth-order valence-electron chi connectivity index (χ4n) is 3.88. The second kappa shape index (κ2) is 10.2. The number of aryl methyl sites for hydroxylation is 1. The molecule has 0 spiro atoms. The number of allylic oxidation sites excluding steroid dienone is 2. The number of halogens is 3. The highest BCUT2D eigenvalue weighted by molar-refractivity contribution is 6.03. The van der Waals surface area contributed by atoms with Gasteiger partial charge in [0.15, 0.2) is 0 Å². The van der Waals surface area contributed by atoms with E-state index in [2.05, 4.69) is 10.6 Å². The van der Waals surface area contributed by atoms with Gasteiger partial charge in [0.25, 0.3) is 5.91 Å². The lowest BCUT2D eigenvalue weighted by molar-refractivity contribution is -0.137. The van der Waals surface area contributed by atoms with Crippen molar-refractivity contribution >= 4 is 28.8 Å². The number of alkyl halides is 3. The minimum Gasteiger partial charge on any atom is -0.383 e. The lowest BCUT2D eigenvalue weighted by Gasteiger charge is -2.23. The average molecular weight is 492 g/mol. The number of hydrogen-bond donors (Lipinski definition) is 3. The summed E-state index contributed by atoms with van der Waals surface area (Å²) < 4.78 is 39.0. The smallest absolute Gasteiger partial charge is 0.383 e. The zero-order valence-corrected chi connectivity index (χ0v) is 19.3. The van der Waals surface area contributed by atoms with Crippen LogP contribution in [0, 0.1) is 6.92 Å². The quantitative estimate of drug-likeness (QED) is 0.325.